The first-order valence-electron chi connectivity index (χ1n) is 7.69. The van der Waals surface area contributed by atoms with Crippen LogP contribution in [0.5, 0.6) is 0 Å². The summed E-state index contributed by atoms with van der Waals surface area (Å²) in [4.78, 5) is 25.7. The van der Waals surface area contributed by atoms with Gasteiger partial charge in [0.1, 0.15) is 0 Å². The van der Waals surface area contributed by atoms with E-state index in [2.05, 4.69) is 5.32 Å². The van der Waals surface area contributed by atoms with Crippen LogP contribution in [0.4, 0.5) is 0 Å². The Bertz CT molecular complexity index is 519. The Morgan fingerprint density at radius 1 is 1.41 bits per heavy atom. The Hall–Kier alpha value is -1.15. The molecule has 7 nitrogen and oxygen atoms in total. The molecule has 2 atom stereocenters. The van der Waals surface area contributed by atoms with Crippen LogP contribution in [0.25, 0.3) is 0 Å². The molecule has 8 heteroatoms. The Morgan fingerprint density at radius 2 is 2.18 bits per heavy atom. The summed E-state index contributed by atoms with van der Waals surface area (Å²) in [6.07, 6.45) is 2.39. The van der Waals surface area contributed by atoms with Gasteiger partial charge in [-0.15, -0.1) is 0 Å². The molecular weight excluding hydrogens is 308 g/mol. The predicted octanol–water partition coefficient (Wildman–Crippen LogP) is -0.435. The van der Waals surface area contributed by atoms with E-state index in [1.54, 1.807) is 12.0 Å². The molecule has 2 aliphatic heterocycles. The van der Waals surface area contributed by atoms with Gasteiger partial charge in [-0.2, -0.15) is 0 Å². The van der Waals surface area contributed by atoms with Gasteiger partial charge < -0.3 is 15.0 Å². The molecule has 126 valence electrons. The van der Waals surface area contributed by atoms with Crippen LogP contribution in [0.1, 0.15) is 25.7 Å². The van der Waals surface area contributed by atoms with Crippen molar-refractivity contribution in [1.82, 2.24) is 10.2 Å². The van der Waals surface area contributed by atoms with Gasteiger partial charge in [-0.3, -0.25) is 9.59 Å². The zero-order chi connectivity index (χ0) is 16.2. The van der Waals surface area contributed by atoms with Crippen molar-refractivity contribution < 1.29 is 22.7 Å². The normalized spacial score (nSPS) is 27.3. The monoisotopic (exact) mass is 332 g/mol. The van der Waals surface area contributed by atoms with Crippen molar-refractivity contribution in [2.24, 2.45) is 5.92 Å². The van der Waals surface area contributed by atoms with Gasteiger partial charge in [-0.1, -0.05) is 0 Å². The Morgan fingerprint density at radius 3 is 2.82 bits per heavy atom. The van der Waals surface area contributed by atoms with E-state index >= 15 is 0 Å². The van der Waals surface area contributed by atoms with E-state index in [0.29, 0.717) is 26.1 Å². The molecule has 0 saturated carbocycles. The number of unbranched alkanes of at least 4 members (excludes halogenated alkanes) is 1. The summed E-state index contributed by atoms with van der Waals surface area (Å²) in [7, 11) is -1.38. The number of sulfone groups is 1. The minimum Gasteiger partial charge on any atom is -0.385 e. The smallest absolute Gasteiger partial charge is 0.225 e. The first-order chi connectivity index (χ1) is 10.4. The number of rotatable bonds is 7. The molecule has 0 spiro atoms. The Balaban J connectivity index is 1.78. The molecule has 0 aromatic rings. The first kappa shape index (κ1) is 17.2. The predicted molar refractivity (Wildman–Crippen MR) is 81.0 cm³/mol. The third-order valence-corrected chi connectivity index (χ3v) is 6.00. The number of nitrogens with one attached hydrogen (secondary N) is 1. The van der Waals surface area contributed by atoms with Gasteiger partial charge in [0.15, 0.2) is 9.84 Å². The molecule has 2 aliphatic rings. The number of amides is 2. The number of hydrogen-bond donors (Lipinski definition) is 1. The molecule has 2 heterocycles. The van der Waals surface area contributed by atoms with Crippen molar-refractivity contribution in [1.29, 1.82) is 0 Å². The van der Waals surface area contributed by atoms with Crippen LogP contribution in [-0.4, -0.2) is 69.5 Å². The Labute approximate surface area is 131 Å². The molecule has 0 aliphatic carbocycles. The van der Waals surface area contributed by atoms with E-state index < -0.39 is 9.84 Å². The highest BCUT2D eigenvalue weighted by Crippen LogP contribution is 2.26. The van der Waals surface area contributed by atoms with Crippen LogP contribution in [-0.2, 0) is 24.2 Å². The van der Waals surface area contributed by atoms with E-state index in [0.717, 1.165) is 12.8 Å². The average Bonchev–Trinajstić information content (AvgIpc) is 3.01. The molecule has 2 saturated heterocycles. The first-order valence-corrected chi connectivity index (χ1v) is 9.51. The average molecular weight is 332 g/mol. The topological polar surface area (TPSA) is 92.8 Å². The summed E-state index contributed by atoms with van der Waals surface area (Å²) in [6, 6.07) is -0.253. The standard InChI is InChI=1S/C14H24N2O5S/c1-21-6-3-2-5-15-14(18)11-8-13(17)16(9-11)12-4-7-22(19,20)10-12/h11-12H,2-10H2,1H3,(H,15,18)/t11-,12-/m1/s1. The van der Waals surface area contributed by atoms with Crippen molar-refractivity contribution in [2.75, 3.05) is 38.3 Å². The van der Waals surface area contributed by atoms with Crippen molar-refractivity contribution in [3.8, 4) is 0 Å². The minimum atomic E-state index is -3.02. The number of hydrogen-bond acceptors (Lipinski definition) is 5. The summed E-state index contributed by atoms with van der Waals surface area (Å²) < 4.78 is 28.0. The molecule has 0 unspecified atom stereocenters. The molecule has 0 radical (unpaired) electrons. The van der Waals surface area contributed by atoms with Crippen molar-refractivity contribution in [3.05, 3.63) is 0 Å². The summed E-state index contributed by atoms with van der Waals surface area (Å²) in [5.41, 5.74) is 0. The Kier molecular flexibility index (Phi) is 5.80. The molecule has 22 heavy (non-hydrogen) atoms. The van der Waals surface area contributed by atoms with E-state index in [1.165, 1.54) is 0 Å². The molecular formula is C14H24N2O5S. The molecule has 0 bridgehead atoms. The third kappa shape index (κ3) is 4.42. The van der Waals surface area contributed by atoms with Gasteiger partial charge in [-0.05, 0) is 19.3 Å². The summed E-state index contributed by atoms with van der Waals surface area (Å²) >= 11 is 0. The molecule has 0 aromatic heterocycles. The number of likely N-dealkylation sites (tertiary alicyclic amines) is 1. The highest BCUT2D eigenvalue weighted by Gasteiger charge is 2.41. The molecule has 0 aromatic carbocycles. The minimum absolute atomic E-state index is 0.0318. The largest absolute Gasteiger partial charge is 0.385 e. The van der Waals surface area contributed by atoms with Gasteiger partial charge in [0.05, 0.1) is 17.4 Å². The van der Waals surface area contributed by atoms with Gasteiger partial charge in [0.25, 0.3) is 0 Å². The fraction of sp³-hybridized carbons (Fsp3) is 0.857. The van der Waals surface area contributed by atoms with Crippen LogP contribution in [0, 0.1) is 5.92 Å². The van der Waals surface area contributed by atoms with E-state index in [4.69, 9.17) is 4.74 Å². The van der Waals surface area contributed by atoms with Gasteiger partial charge in [-0.25, -0.2) is 8.42 Å². The number of carbonyl (C=O) groups is 2. The number of nitrogens with zero attached hydrogens (tertiary/aromatic N) is 1. The molecule has 1 N–H and O–H groups in total. The zero-order valence-corrected chi connectivity index (χ0v) is 13.7. The van der Waals surface area contributed by atoms with Crippen molar-refractivity contribution >= 4 is 21.7 Å². The summed E-state index contributed by atoms with van der Waals surface area (Å²) in [5.74, 6) is -0.420. The quantitative estimate of drug-likeness (QED) is 0.638. The zero-order valence-electron chi connectivity index (χ0n) is 12.9. The maximum absolute atomic E-state index is 12.1. The fourth-order valence-corrected chi connectivity index (χ4v) is 4.74. The highest BCUT2D eigenvalue weighted by atomic mass is 32.2. The van der Waals surface area contributed by atoms with Crippen LogP contribution >= 0.6 is 0 Å². The maximum atomic E-state index is 12.1. The lowest BCUT2D eigenvalue weighted by Crippen LogP contribution is -2.39. The van der Waals surface area contributed by atoms with Crippen LogP contribution in [0.2, 0.25) is 0 Å². The van der Waals surface area contributed by atoms with E-state index in [1.807, 2.05) is 0 Å². The maximum Gasteiger partial charge on any atom is 0.225 e. The van der Waals surface area contributed by atoms with Crippen molar-refractivity contribution in [2.45, 2.75) is 31.7 Å². The lowest BCUT2D eigenvalue weighted by Gasteiger charge is -2.22. The van der Waals surface area contributed by atoms with Gasteiger partial charge in [0.2, 0.25) is 11.8 Å². The fourth-order valence-electron chi connectivity index (χ4n) is 3.01. The lowest BCUT2D eigenvalue weighted by atomic mass is 10.1. The number of methoxy groups -OCH3 is 1. The lowest BCUT2D eigenvalue weighted by molar-refractivity contribution is -0.130. The van der Waals surface area contributed by atoms with Crippen LogP contribution in [0.3, 0.4) is 0 Å². The van der Waals surface area contributed by atoms with Crippen LogP contribution in [0.15, 0.2) is 0 Å². The van der Waals surface area contributed by atoms with Gasteiger partial charge in [0, 0.05) is 39.3 Å². The summed E-state index contributed by atoms with van der Waals surface area (Å²) in [5, 5.41) is 2.84. The van der Waals surface area contributed by atoms with E-state index in [-0.39, 0.29) is 41.7 Å². The van der Waals surface area contributed by atoms with E-state index in [9.17, 15) is 18.0 Å². The molecule has 2 rings (SSSR count). The third-order valence-electron chi connectivity index (χ3n) is 4.25. The van der Waals surface area contributed by atoms with Gasteiger partial charge >= 0.3 is 0 Å². The number of carbonyl (C=O) groups excluding carboxylic acids is 2. The SMILES string of the molecule is COCCCCNC(=O)[C@@H]1CC(=O)N([C@@H]2CCS(=O)(=O)C2)C1. The molecule has 2 fully saturated rings. The molecule has 2 amide bonds. The second-order valence-electron chi connectivity index (χ2n) is 5.99. The summed E-state index contributed by atoms with van der Waals surface area (Å²) in [6.45, 7) is 1.58. The van der Waals surface area contributed by atoms with Crippen LogP contribution < -0.4 is 5.32 Å². The highest BCUT2D eigenvalue weighted by molar-refractivity contribution is 7.91. The second kappa shape index (κ2) is 7.41. The second-order valence-corrected chi connectivity index (χ2v) is 8.22. The van der Waals surface area contributed by atoms with Crippen molar-refractivity contribution in [3.63, 3.8) is 0 Å². The number of ether oxygens (including phenoxy) is 1.